The predicted octanol–water partition coefficient (Wildman–Crippen LogP) is 0.422. The maximum atomic E-state index is 12.6. The number of aliphatic hydroxyl groups is 1. The third-order valence-electron chi connectivity index (χ3n) is 1.18. The number of esters is 1. The van der Waals surface area contributed by atoms with Crippen LogP contribution in [-0.2, 0) is 9.53 Å². The van der Waals surface area contributed by atoms with Crippen molar-refractivity contribution < 1.29 is 32.2 Å². The molecule has 0 aliphatic rings. The minimum Gasteiger partial charge on any atom is -0.466 e. The first-order chi connectivity index (χ1) is 5.29. The van der Waals surface area contributed by atoms with Gasteiger partial charge < -0.3 is 9.84 Å². The van der Waals surface area contributed by atoms with E-state index in [2.05, 4.69) is 4.74 Å². The van der Waals surface area contributed by atoms with Crippen molar-refractivity contribution in [2.75, 3.05) is 13.7 Å². The lowest BCUT2D eigenvalue weighted by Gasteiger charge is -2.22. The predicted molar refractivity (Wildman–Crippen MR) is 29.0 cm³/mol. The summed E-state index contributed by atoms with van der Waals surface area (Å²) in [6.07, 6.45) is -5.46. The SMILES string of the molecule is COC(=O)C(F)(CO)C(F)(F)F. The first-order valence-electron chi connectivity index (χ1n) is 2.74. The first kappa shape index (κ1) is 11.2. The van der Waals surface area contributed by atoms with Gasteiger partial charge in [0.15, 0.2) is 0 Å². The fraction of sp³-hybridized carbons (Fsp3) is 0.800. The molecule has 7 heteroatoms. The van der Waals surface area contributed by atoms with E-state index in [4.69, 9.17) is 5.11 Å². The van der Waals surface area contributed by atoms with Crippen molar-refractivity contribution in [1.29, 1.82) is 0 Å². The fourth-order valence-corrected chi connectivity index (χ4v) is 0.432. The van der Waals surface area contributed by atoms with Gasteiger partial charge in [0.05, 0.1) is 13.7 Å². The van der Waals surface area contributed by atoms with Gasteiger partial charge in [0.25, 0.3) is 0 Å². The van der Waals surface area contributed by atoms with E-state index < -0.39 is 24.4 Å². The van der Waals surface area contributed by atoms with E-state index in [9.17, 15) is 22.4 Å². The summed E-state index contributed by atoms with van der Waals surface area (Å²) in [5, 5.41) is 8.03. The van der Waals surface area contributed by atoms with Crippen molar-refractivity contribution in [2.24, 2.45) is 0 Å². The lowest BCUT2D eigenvalue weighted by molar-refractivity contribution is -0.245. The van der Waals surface area contributed by atoms with E-state index in [1.165, 1.54) is 0 Å². The molecule has 0 aliphatic carbocycles. The molecule has 1 N–H and O–H groups in total. The molecule has 12 heavy (non-hydrogen) atoms. The zero-order valence-corrected chi connectivity index (χ0v) is 5.98. The Hall–Kier alpha value is -0.850. The number of rotatable bonds is 2. The molecule has 0 aromatic carbocycles. The highest BCUT2D eigenvalue weighted by molar-refractivity contribution is 5.80. The van der Waals surface area contributed by atoms with Gasteiger partial charge in [0.2, 0.25) is 0 Å². The van der Waals surface area contributed by atoms with Gasteiger partial charge in [-0.1, -0.05) is 0 Å². The van der Waals surface area contributed by atoms with Gasteiger partial charge in [-0.2, -0.15) is 13.2 Å². The van der Waals surface area contributed by atoms with Gasteiger partial charge in [-0.25, -0.2) is 9.18 Å². The van der Waals surface area contributed by atoms with Crippen LogP contribution in [-0.4, -0.2) is 36.6 Å². The van der Waals surface area contributed by atoms with Crippen LogP contribution in [0.2, 0.25) is 0 Å². The molecule has 0 rings (SSSR count). The second-order valence-corrected chi connectivity index (χ2v) is 1.95. The second-order valence-electron chi connectivity index (χ2n) is 1.95. The molecule has 0 spiro atoms. The largest absolute Gasteiger partial charge is 0.466 e. The summed E-state index contributed by atoms with van der Waals surface area (Å²) in [5.74, 6) is -2.16. The molecular formula is C5H6F4O3. The maximum Gasteiger partial charge on any atom is 0.435 e. The highest BCUT2D eigenvalue weighted by Gasteiger charge is 2.62. The zero-order valence-electron chi connectivity index (χ0n) is 5.98. The lowest BCUT2D eigenvalue weighted by Crippen LogP contribution is -2.51. The van der Waals surface area contributed by atoms with Crippen molar-refractivity contribution in [3.05, 3.63) is 0 Å². The number of aliphatic hydroxyl groups excluding tert-OH is 1. The number of hydrogen-bond acceptors (Lipinski definition) is 3. The Morgan fingerprint density at radius 3 is 1.92 bits per heavy atom. The van der Waals surface area contributed by atoms with Gasteiger partial charge in [-0.15, -0.1) is 0 Å². The molecule has 0 aliphatic heterocycles. The topological polar surface area (TPSA) is 46.5 Å². The normalized spacial score (nSPS) is 16.8. The van der Waals surface area contributed by atoms with E-state index in [0.29, 0.717) is 7.11 Å². The molecule has 0 saturated carbocycles. The van der Waals surface area contributed by atoms with Crippen LogP contribution in [0.5, 0.6) is 0 Å². The highest BCUT2D eigenvalue weighted by Crippen LogP contribution is 2.34. The summed E-state index contributed by atoms with van der Waals surface area (Å²) < 4.78 is 51.2. The van der Waals surface area contributed by atoms with E-state index in [1.807, 2.05) is 0 Å². The van der Waals surface area contributed by atoms with Crippen LogP contribution in [0, 0.1) is 0 Å². The van der Waals surface area contributed by atoms with Crippen molar-refractivity contribution in [1.82, 2.24) is 0 Å². The standard InChI is InChI=1S/C5H6F4O3/c1-12-3(11)4(6,2-10)5(7,8)9/h10H,2H2,1H3. The van der Waals surface area contributed by atoms with E-state index in [0.717, 1.165) is 0 Å². The number of methoxy groups -OCH3 is 1. The third kappa shape index (κ3) is 1.66. The monoisotopic (exact) mass is 190 g/mol. The Morgan fingerprint density at radius 1 is 1.42 bits per heavy atom. The Bertz CT molecular complexity index is 178. The van der Waals surface area contributed by atoms with Crippen molar-refractivity contribution in [3.63, 3.8) is 0 Å². The lowest BCUT2D eigenvalue weighted by atomic mass is 10.1. The summed E-state index contributed by atoms with van der Waals surface area (Å²) in [6.45, 7) is -1.98. The Labute approximate surface area is 64.9 Å². The molecule has 0 fully saturated rings. The van der Waals surface area contributed by atoms with Crippen LogP contribution in [0.15, 0.2) is 0 Å². The maximum absolute atomic E-state index is 12.6. The molecule has 0 amide bonds. The van der Waals surface area contributed by atoms with Gasteiger partial charge in [-0.3, -0.25) is 0 Å². The van der Waals surface area contributed by atoms with Crippen LogP contribution in [0.3, 0.4) is 0 Å². The molecule has 1 atom stereocenters. The smallest absolute Gasteiger partial charge is 0.435 e. The molecule has 1 unspecified atom stereocenters. The summed E-state index contributed by atoms with van der Waals surface area (Å²) in [5.41, 5.74) is -4.32. The van der Waals surface area contributed by atoms with E-state index in [-0.39, 0.29) is 0 Å². The number of alkyl halides is 4. The van der Waals surface area contributed by atoms with E-state index >= 15 is 0 Å². The second kappa shape index (κ2) is 3.26. The zero-order chi connectivity index (χ0) is 9.99. The number of ether oxygens (including phenoxy) is 1. The molecule has 3 nitrogen and oxygen atoms in total. The molecule has 0 radical (unpaired) electrons. The Morgan fingerprint density at radius 2 is 1.83 bits per heavy atom. The number of halogens is 4. The fourth-order valence-electron chi connectivity index (χ4n) is 0.432. The Kier molecular flexibility index (Phi) is 3.03. The van der Waals surface area contributed by atoms with Crippen LogP contribution < -0.4 is 0 Å². The Balaban J connectivity index is 4.80. The van der Waals surface area contributed by atoms with Gasteiger partial charge in [0.1, 0.15) is 0 Å². The molecule has 72 valence electrons. The molecular weight excluding hydrogens is 184 g/mol. The molecule has 0 bridgehead atoms. The molecule has 0 heterocycles. The molecule has 0 aromatic heterocycles. The summed E-state index contributed by atoms with van der Waals surface area (Å²) in [4.78, 5) is 10.2. The number of carbonyl (C=O) groups is 1. The number of hydrogen-bond donors (Lipinski definition) is 1. The van der Waals surface area contributed by atoms with Crippen LogP contribution >= 0.6 is 0 Å². The van der Waals surface area contributed by atoms with Gasteiger partial charge >= 0.3 is 17.8 Å². The number of carbonyl (C=O) groups excluding carboxylic acids is 1. The highest BCUT2D eigenvalue weighted by atomic mass is 19.4. The van der Waals surface area contributed by atoms with Crippen molar-refractivity contribution >= 4 is 5.97 Å². The van der Waals surface area contributed by atoms with Crippen molar-refractivity contribution in [2.45, 2.75) is 11.8 Å². The van der Waals surface area contributed by atoms with Crippen LogP contribution in [0.1, 0.15) is 0 Å². The van der Waals surface area contributed by atoms with Gasteiger partial charge in [0, 0.05) is 0 Å². The van der Waals surface area contributed by atoms with Gasteiger partial charge in [-0.05, 0) is 0 Å². The molecule has 0 saturated heterocycles. The minimum atomic E-state index is -5.46. The van der Waals surface area contributed by atoms with E-state index in [1.54, 1.807) is 0 Å². The average molecular weight is 190 g/mol. The molecule has 0 aromatic rings. The summed E-state index contributed by atoms with van der Waals surface area (Å²) in [6, 6.07) is 0. The summed E-state index contributed by atoms with van der Waals surface area (Å²) >= 11 is 0. The van der Waals surface area contributed by atoms with Crippen molar-refractivity contribution in [3.8, 4) is 0 Å². The summed E-state index contributed by atoms with van der Waals surface area (Å²) in [7, 11) is 0.595. The quantitative estimate of drug-likeness (QED) is 0.507. The first-order valence-corrected chi connectivity index (χ1v) is 2.74. The minimum absolute atomic E-state index is 0.595. The third-order valence-corrected chi connectivity index (χ3v) is 1.18. The van der Waals surface area contributed by atoms with Crippen LogP contribution in [0.25, 0.3) is 0 Å². The van der Waals surface area contributed by atoms with Crippen LogP contribution in [0.4, 0.5) is 17.6 Å². The average Bonchev–Trinajstić information content (AvgIpc) is 1.99.